The Bertz CT molecular complexity index is 827. The molecule has 3 rings (SSSR count). The van der Waals surface area contributed by atoms with Gasteiger partial charge in [-0.05, 0) is 36.8 Å². The zero-order valence-electron chi connectivity index (χ0n) is 16.3. The molecule has 2 N–H and O–H groups in total. The van der Waals surface area contributed by atoms with Crippen molar-refractivity contribution in [1.29, 1.82) is 0 Å². The van der Waals surface area contributed by atoms with E-state index in [2.05, 4.69) is 14.7 Å². The van der Waals surface area contributed by atoms with Gasteiger partial charge in [-0.25, -0.2) is 9.98 Å². The molecule has 1 aromatic carbocycles. The van der Waals surface area contributed by atoms with E-state index in [1.807, 2.05) is 13.0 Å². The predicted octanol–water partition coefficient (Wildman–Crippen LogP) is 2.77. The van der Waals surface area contributed by atoms with Crippen LogP contribution < -0.4 is 10.5 Å². The maximum atomic E-state index is 13.9. The Morgan fingerprint density at radius 2 is 2.25 bits per heavy atom. The fourth-order valence-corrected chi connectivity index (χ4v) is 2.58. The van der Waals surface area contributed by atoms with Crippen molar-refractivity contribution >= 4 is 12.4 Å². The highest BCUT2D eigenvalue weighted by Crippen LogP contribution is 2.37. The molecule has 1 aliphatic rings. The quantitative estimate of drug-likeness (QED) is 0.376. The third-order valence-electron chi connectivity index (χ3n) is 4.18. The van der Waals surface area contributed by atoms with E-state index >= 15 is 0 Å². The monoisotopic (exact) mass is 388 g/mol. The molecule has 1 aliphatic heterocycles. The molecular formula is C20H25FN4O3. The molecule has 0 spiro atoms. The summed E-state index contributed by atoms with van der Waals surface area (Å²) in [5, 5.41) is 0. The number of halogens is 1. The number of nitrogens with zero attached hydrogens (tertiary/aromatic N) is 3. The van der Waals surface area contributed by atoms with Gasteiger partial charge in [0.15, 0.2) is 5.96 Å². The number of pyridine rings is 1. The van der Waals surface area contributed by atoms with Gasteiger partial charge in [-0.3, -0.25) is 9.69 Å². The highest BCUT2D eigenvalue weighted by atomic mass is 19.1. The molecule has 0 aliphatic carbocycles. The third kappa shape index (κ3) is 5.26. The number of benzene rings is 1. The number of nitrogens with two attached hydrogens (primary N) is 1. The molecule has 1 aromatic heterocycles. The minimum absolute atomic E-state index is 0.126. The maximum absolute atomic E-state index is 13.9. The van der Waals surface area contributed by atoms with Crippen molar-refractivity contribution < 1.29 is 18.7 Å². The summed E-state index contributed by atoms with van der Waals surface area (Å²) >= 11 is 0. The molecule has 0 saturated heterocycles. The van der Waals surface area contributed by atoms with Crippen LogP contribution in [0.25, 0.3) is 11.1 Å². The van der Waals surface area contributed by atoms with Crippen molar-refractivity contribution in [2.75, 3.05) is 27.4 Å². The van der Waals surface area contributed by atoms with Crippen molar-refractivity contribution in [3.05, 3.63) is 48.0 Å². The molecule has 8 heteroatoms. The lowest BCUT2D eigenvalue weighted by Crippen LogP contribution is -2.33. The number of aromatic nitrogens is 1. The molecule has 28 heavy (non-hydrogen) atoms. The smallest absolute Gasteiger partial charge is 0.220 e. The van der Waals surface area contributed by atoms with Gasteiger partial charge >= 0.3 is 0 Å². The summed E-state index contributed by atoms with van der Waals surface area (Å²) in [7, 11) is 3.22. The van der Waals surface area contributed by atoms with Crippen LogP contribution in [0.1, 0.15) is 24.9 Å². The Balaban J connectivity index is 0.000000640. The molecular weight excluding hydrogens is 363 g/mol. The number of rotatable bonds is 4. The van der Waals surface area contributed by atoms with Crippen molar-refractivity contribution in [2.45, 2.75) is 19.4 Å². The van der Waals surface area contributed by atoms with Crippen molar-refractivity contribution in [3.63, 3.8) is 0 Å². The number of guanidine groups is 1. The summed E-state index contributed by atoms with van der Waals surface area (Å²) in [5.74, 6) is 0.278. The van der Waals surface area contributed by atoms with Crippen LogP contribution in [0.3, 0.4) is 0 Å². The van der Waals surface area contributed by atoms with Crippen LogP contribution in [0.2, 0.25) is 0 Å². The van der Waals surface area contributed by atoms with Gasteiger partial charge in [0.25, 0.3) is 0 Å². The minimum atomic E-state index is -0.533. The topological polar surface area (TPSA) is 90.0 Å². The summed E-state index contributed by atoms with van der Waals surface area (Å²) < 4.78 is 24.1. The first kappa shape index (κ1) is 21.3. The Kier molecular flexibility index (Phi) is 7.88. The summed E-state index contributed by atoms with van der Waals surface area (Å²) in [4.78, 5) is 20.1. The SMILES string of the molecule is CCOC.CN(C=O)C(N)=N[C@@H]1CCOc2ccc(-c3cccnc3F)cc21. The lowest BCUT2D eigenvalue weighted by atomic mass is 9.96. The summed E-state index contributed by atoms with van der Waals surface area (Å²) in [6, 6.07) is 8.50. The van der Waals surface area contributed by atoms with Crippen molar-refractivity contribution in [3.8, 4) is 16.9 Å². The van der Waals surface area contributed by atoms with Crippen LogP contribution in [0.4, 0.5) is 4.39 Å². The number of carbonyl (C=O) groups is 1. The van der Waals surface area contributed by atoms with E-state index in [1.165, 1.54) is 18.1 Å². The second-order valence-electron chi connectivity index (χ2n) is 6.03. The molecule has 2 heterocycles. The first-order valence-electron chi connectivity index (χ1n) is 8.89. The summed E-state index contributed by atoms with van der Waals surface area (Å²) in [6.45, 7) is 3.28. The van der Waals surface area contributed by atoms with Gasteiger partial charge in [0.05, 0.1) is 12.6 Å². The van der Waals surface area contributed by atoms with E-state index < -0.39 is 5.95 Å². The van der Waals surface area contributed by atoms with Crippen LogP contribution in [-0.2, 0) is 9.53 Å². The average molecular weight is 388 g/mol. The highest BCUT2D eigenvalue weighted by Gasteiger charge is 2.23. The molecule has 1 atom stereocenters. The van der Waals surface area contributed by atoms with Gasteiger partial charge in [0, 0.05) is 44.5 Å². The van der Waals surface area contributed by atoms with Gasteiger partial charge in [0.2, 0.25) is 12.4 Å². The molecule has 0 bridgehead atoms. The van der Waals surface area contributed by atoms with Crippen LogP contribution in [0.15, 0.2) is 41.5 Å². The van der Waals surface area contributed by atoms with Crippen molar-refractivity contribution in [1.82, 2.24) is 9.88 Å². The molecule has 1 amide bonds. The van der Waals surface area contributed by atoms with Gasteiger partial charge in [-0.2, -0.15) is 4.39 Å². The minimum Gasteiger partial charge on any atom is -0.493 e. The Morgan fingerprint density at radius 3 is 2.89 bits per heavy atom. The number of fused-ring (bicyclic) bond motifs is 1. The Hall–Kier alpha value is -3.00. The first-order chi connectivity index (χ1) is 13.5. The third-order valence-corrected chi connectivity index (χ3v) is 4.18. The van der Waals surface area contributed by atoms with Crippen LogP contribution in [0, 0.1) is 5.95 Å². The second-order valence-corrected chi connectivity index (χ2v) is 6.03. The molecule has 7 nitrogen and oxygen atoms in total. The largest absolute Gasteiger partial charge is 0.493 e. The van der Waals surface area contributed by atoms with Crippen molar-refractivity contribution in [2.24, 2.45) is 10.7 Å². The maximum Gasteiger partial charge on any atom is 0.220 e. The zero-order chi connectivity index (χ0) is 20.5. The number of amides is 1. The van der Waals surface area contributed by atoms with E-state index in [0.717, 1.165) is 12.2 Å². The Labute approximate surface area is 164 Å². The molecule has 0 unspecified atom stereocenters. The Morgan fingerprint density at radius 1 is 1.50 bits per heavy atom. The molecule has 150 valence electrons. The number of methoxy groups -OCH3 is 1. The lowest BCUT2D eigenvalue weighted by Gasteiger charge is -2.25. The number of carbonyl (C=O) groups excluding carboxylic acids is 1. The normalized spacial score (nSPS) is 15.6. The number of hydrogen-bond acceptors (Lipinski definition) is 5. The first-order valence-corrected chi connectivity index (χ1v) is 8.89. The number of aliphatic imine (C=N–C) groups is 1. The zero-order valence-corrected chi connectivity index (χ0v) is 16.3. The average Bonchev–Trinajstić information content (AvgIpc) is 2.73. The predicted molar refractivity (Wildman–Crippen MR) is 105 cm³/mol. The van der Waals surface area contributed by atoms with E-state index in [4.69, 9.17) is 10.5 Å². The van der Waals surface area contributed by atoms with Gasteiger partial charge < -0.3 is 15.2 Å². The number of hydrogen-bond donors (Lipinski definition) is 1. The standard InChI is InChI=1S/C17H17FN4O2.C3H8O/c1-22(10-23)17(19)21-14-6-8-24-15-5-4-11(9-13(14)15)12-3-2-7-20-16(12)18;1-3-4-2/h2-5,7,9-10,14H,6,8H2,1H3,(H2,19,21);3H2,1-2H3/t14-;/m1./s1. The van der Waals surface area contributed by atoms with Crippen LogP contribution >= 0.6 is 0 Å². The van der Waals surface area contributed by atoms with Gasteiger partial charge in [-0.1, -0.05) is 6.07 Å². The summed E-state index contributed by atoms with van der Waals surface area (Å²) in [6.07, 6.45) is 2.63. The van der Waals surface area contributed by atoms with E-state index in [9.17, 15) is 9.18 Å². The molecule has 0 saturated carbocycles. The summed E-state index contributed by atoms with van der Waals surface area (Å²) in [5.41, 5.74) is 7.73. The van der Waals surface area contributed by atoms with Gasteiger partial charge in [0.1, 0.15) is 5.75 Å². The molecule has 0 radical (unpaired) electrons. The van der Waals surface area contributed by atoms with E-state index in [1.54, 1.807) is 31.4 Å². The van der Waals surface area contributed by atoms with E-state index in [0.29, 0.717) is 36.3 Å². The van der Waals surface area contributed by atoms with Crippen LogP contribution in [-0.4, -0.2) is 49.6 Å². The fourth-order valence-electron chi connectivity index (χ4n) is 2.58. The van der Waals surface area contributed by atoms with Gasteiger partial charge in [-0.15, -0.1) is 0 Å². The fraction of sp³-hybridized carbons (Fsp3) is 0.350. The lowest BCUT2D eigenvalue weighted by molar-refractivity contribution is -0.114. The number of ether oxygens (including phenoxy) is 2. The van der Waals surface area contributed by atoms with Crippen LogP contribution in [0.5, 0.6) is 5.75 Å². The molecule has 2 aromatic rings. The second kappa shape index (κ2) is 10.4. The van der Waals surface area contributed by atoms with E-state index in [-0.39, 0.29) is 12.0 Å². The molecule has 0 fully saturated rings. The highest BCUT2D eigenvalue weighted by molar-refractivity contribution is 5.87.